The maximum absolute atomic E-state index is 12.6. The Labute approximate surface area is 129 Å². The van der Waals surface area contributed by atoms with Crippen molar-refractivity contribution in [2.24, 2.45) is 5.92 Å². The molecule has 122 valence electrons. The molecule has 0 spiro atoms. The molecule has 2 rings (SSSR count). The van der Waals surface area contributed by atoms with Gasteiger partial charge < -0.3 is 15.0 Å². The molecule has 0 aromatic rings. The van der Waals surface area contributed by atoms with Gasteiger partial charge in [0.1, 0.15) is 5.54 Å². The Bertz CT molecular complexity index is 357. The van der Waals surface area contributed by atoms with Crippen LogP contribution >= 0.6 is 0 Å². The summed E-state index contributed by atoms with van der Waals surface area (Å²) in [4.78, 5) is 17.3. The van der Waals surface area contributed by atoms with Crippen LogP contribution in [0.5, 0.6) is 0 Å². The highest BCUT2D eigenvalue weighted by Crippen LogP contribution is 2.41. The third-order valence-corrected chi connectivity index (χ3v) is 4.89. The molecular weight excluding hydrogens is 266 g/mol. The summed E-state index contributed by atoms with van der Waals surface area (Å²) < 4.78 is 5.39. The van der Waals surface area contributed by atoms with Crippen molar-refractivity contribution in [2.75, 3.05) is 47.4 Å². The minimum absolute atomic E-state index is 0.0643. The van der Waals surface area contributed by atoms with E-state index in [9.17, 15) is 4.79 Å². The SMILES string of the molecule is CCOC(=O)C(CN1CCCC1CN(C)C)(NC)C1CC1. The second kappa shape index (κ2) is 7.07. The normalized spacial score (nSPS) is 26.0. The van der Waals surface area contributed by atoms with Crippen molar-refractivity contribution < 1.29 is 9.53 Å². The molecule has 2 fully saturated rings. The molecule has 1 saturated carbocycles. The summed E-state index contributed by atoms with van der Waals surface area (Å²) >= 11 is 0. The topological polar surface area (TPSA) is 44.8 Å². The molecule has 21 heavy (non-hydrogen) atoms. The van der Waals surface area contributed by atoms with Gasteiger partial charge in [0.2, 0.25) is 0 Å². The van der Waals surface area contributed by atoms with Gasteiger partial charge in [-0.3, -0.25) is 4.90 Å². The van der Waals surface area contributed by atoms with Crippen LogP contribution in [0, 0.1) is 5.92 Å². The van der Waals surface area contributed by atoms with E-state index in [1.165, 1.54) is 12.8 Å². The fourth-order valence-electron chi connectivity index (χ4n) is 3.63. The predicted octanol–water partition coefficient (Wildman–Crippen LogP) is 0.944. The van der Waals surface area contributed by atoms with Gasteiger partial charge in [-0.25, -0.2) is 4.79 Å². The zero-order valence-corrected chi connectivity index (χ0v) is 14.0. The number of likely N-dealkylation sites (N-methyl/N-ethyl adjacent to an activating group) is 2. The quantitative estimate of drug-likeness (QED) is 0.676. The molecule has 5 nitrogen and oxygen atoms in total. The number of carbonyl (C=O) groups is 1. The van der Waals surface area contributed by atoms with E-state index in [1.54, 1.807) is 0 Å². The Morgan fingerprint density at radius 2 is 2.10 bits per heavy atom. The number of esters is 1. The smallest absolute Gasteiger partial charge is 0.327 e. The van der Waals surface area contributed by atoms with Crippen LogP contribution < -0.4 is 5.32 Å². The fourth-order valence-corrected chi connectivity index (χ4v) is 3.63. The van der Waals surface area contributed by atoms with E-state index in [1.807, 2.05) is 14.0 Å². The van der Waals surface area contributed by atoms with Gasteiger partial charge in [-0.15, -0.1) is 0 Å². The van der Waals surface area contributed by atoms with Gasteiger partial charge in [0, 0.05) is 19.1 Å². The number of carbonyl (C=O) groups excluding carboxylic acids is 1. The van der Waals surface area contributed by atoms with Gasteiger partial charge >= 0.3 is 5.97 Å². The standard InChI is InChI=1S/C16H31N3O2/c1-5-21-15(20)16(17-2,13-8-9-13)12-19-10-6-7-14(19)11-18(3)4/h13-14,17H,5-12H2,1-4H3. The van der Waals surface area contributed by atoms with Crippen molar-refractivity contribution in [1.29, 1.82) is 0 Å². The lowest BCUT2D eigenvalue weighted by molar-refractivity contribution is -0.153. The third kappa shape index (κ3) is 3.76. The molecule has 0 aromatic carbocycles. The zero-order valence-electron chi connectivity index (χ0n) is 14.0. The minimum Gasteiger partial charge on any atom is -0.465 e. The third-order valence-electron chi connectivity index (χ3n) is 4.89. The molecule has 2 aliphatic rings. The van der Waals surface area contributed by atoms with E-state index in [0.717, 1.165) is 32.5 Å². The van der Waals surface area contributed by atoms with E-state index in [-0.39, 0.29) is 5.97 Å². The van der Waals surface area contributed by atoms with E-state index >= 15 is 0 Å². The predicted molar refractivity (Wildman–Crippen MR) is 84.3 cm³/mol. The maximum Gasteiger partial charge on any atom is 0.327 e. The number of nitrogens with zero attached hydrogens (tertiary/aromatic N) is 2. The second-order valence-corrected chi connectivity index (χ2v) is 6.74. The van der Waals surface area contributed by atoms with Crippen molar-refractivity contribution >= 4 is 5.97 Å². The zero-order chi connectivity index (χ0) is 15.5. The van der Waals surface area contributed by atoms with Crippen LogP contribution in [-0.4, -0.2) is 74.7 Å². The molecule has 1 aliphatic heterocycles. The molecule has 0 aromatic heterocycles. The summed E-state index contributed by atoms with van der Waals surface area (Å²) in [5, 5.41) is 3.33. The molecule has 1 N–H and O–H groups in total. The lowest BCUT2D eigenvalue weighted by atomic mass is 9.92. The Kier molecular flexibility index (Phi) is 5.63. The van der Waals surface area contributed by atoms with E-state index in [4.69, 9.17) is 4.74 Å². The number of rotatable bonds is 8. The largest absolute Gasteiger partial charge is 0.465 e. The summed E-state index contributed by atoms with van der Waals surface area (Å²) in [5.41, 5.74) is -0.509. The highest BCUT2D eigenvalue weighted by Gasteiger charge is 2.52. The molecule has 2 atom stereocenters. The first-order valence-electron chi connectivity index (χ1n) is 8.28. The van der Waals surface area contributed by atoms with Gasteiger partial charge in [0.15, 0.2) is 0 Å². The maximum atomic E-state index is 12.6. The van der Waals surface area contributed by atoms with Crippen molar-refractivity contribution in [3.8, 4) is 0 Å². The first kappa shape index (κ1) is 16.7. The van der Waals surface area contributed by atoms with Gasteiger partial charge in [-0.1, -0.05) is 0 Å². The summed E-state index contributed by atoms with van der Waals surface area (Å²) in [6.07, 6.45) is 4.72. The average Bonchev–Trinajstić information content (AvgIpc) is 3.20. The van der Waals surface area contributed by atoms with E-state index in [0.29, 0.717) is 18.6 Å². The van der Waals surface area contributed by atoms with Crippen LogP contribution in [-0.2, 0) is 9.53 Å². The molecule has 1 heterocycles. The molecule has 2 unspecified atom stereocenters. The lowest BCUT2D eigenvalue weighted by Crippen LogP contribution is -2.61. The van der Waals surface area contributed by atoms with Gasteiger partial charge in [-0.05, 0) is 66.2 Å². The van der Waals surface area contributed by atoms with Crippen LogP contribution in [0.4, 0.5) is 0 Å². The van der Waals surface area contributed by atoms with Crippen molar-refractivity contribution in [3.63, 3.8) is 0 Å². The number of ether oxygens (including phenoxy) is 1. The molecular formula is C16H31N3O2. The van der Waals surface area contributed by atoms with E-state index in [2.05, 4.69) is 29.2 Å². The lowest BCUT2D eigenvalue weighted by Gasteiger charge is -2.38. The van der Waals surface area contributed by atoms with Crippen LogP contribution in [0.2, 0.25) is 0 Å². The highest BCUT2D eigenvalue weighted by molar-refractivity contribution is 5.82. The summed E-state index contributed by atoms with van der Waals surface area (Å²) in [5.74, 6) is 0.368. The van der Waals surface area contributed by atoms with Gasteiger partial charge in [-0.2, -0.15) is 0 Å². The number of nitrogens with one attached hydrogen (secondary N) is 1. The molecule has 0 bridgehead atoms. The number of likely N-dealkylation sites (tertiary alicyclic amines) is 1. The highest BCUT2D eigenvalue weighted by atomic mass is 16.5. The molecule has 1 saturated heterocycles. The van der Waals surface area contributed by atoms with E-state index < -0.39 is 5.54 Å². The number of hydrogen-bond acceptors (Lipinski definition) is 5. The summed E-state index contributed by atoms with van der Waals surface area (Å²) in [6.45, 7) is 5.28. The van der Waals surface area contributed by atoms with Crippen LogP contribution in [0.1, 0.15) is 32.6 Å². The Morgan fingerprint density at radius 3 is 2.62 bits per heavy atom. The monoisotopic (exact) mass is 297 g/mol. The van der Waals surface area contributed by atoms with Crippen molar-refractivity contribution in [1.82, 2.24) is 15.1 Å². The first-order valence-corrected chi connectivity index (χ1v) is 8.28. The Hall–Kier alpha value is -0.650. The van der Waals surface area contributed by atoms with Crippen LogP contribution in [0.3, 0.4) is 0 Å². The Morgan fingerprint density at radius 1 is 1.38 bits per heavy atom. The van der Waals surface area contributed by atoms with Crippen molar-refractivity contribution in [2.45, 2.75) is 44.2 Å². The average molecular weight is 297 g/mol. The van der Waals surface area contributed by atoms with Crippen LogP contribution in [0.25, 0.3) is 0 Å². The molecule has 0 amide bonds. The molecule has 5 heteroatoms. The van der Waals surface area contributed by atoms with Crippen molar-refractivity contribution in [3.05, 3.63) is 0 Å². The molecule has 0 radical (unpaired) electrons. The first-order chi connectivity index (χ1) is 10.0. The Balaban J connectivity index is 2.09. The van der Waals surface area contributed by atoms with Crippen LogP contribution in [0.15, 0.2) is 0 Å². The second-order valence-electron chi connectivity index (χ2n) is 6.74. The number of hydrogen-bond donors (Lipinski definition) is 1. The fraction of sp³-hybridized carbons (Fsp3) is 0.938. The van der Waals surface area contributed by atoms with Gasteiger partial charge in [0.25, 0.3) is 0 Å². The minimum atomic E-state index is -0.509. The summed E-state index contributed by atoms with van der Waals surface area (Å²) in [7, 11) is 6.15. The molecule has 1 aliphatic carbocycles. The van der Waals surface area contributed by atoms with Gasteiger partial charge in [0.05, 0.1) is 6.61 Å². The summed E-state index contributed by atoms with van der Waals surface area (Å²) in [6, 6.07) is 0.556.